The molecule has 1 aromatic heterocycles. The Labute approximate surface area is 120 Å². The number of carbonyl (C=O) groups excluding carboxylic acids is 1. The molecular formula is C15H25N3O2. The van der Waals surface area contributed by atoms with E-state index in [0.29, 0.717) is 13.0 Å². The van der Waals surface area contributed by atoms with Gasteiger partial charge in [-0.1, -0.05) is 0 Å². The van der Waals surface area contributed by atoms with Crippen LogP contribution in [0.2, 0.25) is 0 Å². The van der Waals surface area contributed by atoms with Crippen LogP contribution in [0.3, 0.4) is 0 Å². The molecule has 0 bridgehead atoms. The molecule has 5 heteroatoms. The number of carbonyl (C=O) groups is 1. The fourth-order valence-corrected chi connectivity index (χ4v) is 2.81. The van der Waals surface area contributed by atoms with E-state index in [4.69, 9.17) is 0 Å². The number of likely N-dealkylation sites (tertiary alicyclic amines) is 1. The molecule has 1 amide bonds. The smallest absolute Gasteiger partial charge is 0.224 e. The first kappa shape index (κ1) is 15.1. The zero-order chi connectivity index (χ0) is 14.8. The molecule has 0 aliphatic carbocycles. The second kappa shape index (κ2) is 5.97. The first-order valence-electron chi connectivity index (χ1n) is 7.15. The number of rotatable bonds is 4. The summed E-state index contributed by atoms with van der Waals surface area (Å²) in [6, 6.07) is 4.12. The van der Waals surface area contributed by atoms with Gasteiger partial charge in [-0.05, 0) is 31.5 Å². The van der Waals surface area contributed by atoms with E-state index in [9.17, 15) is 9.90 Å². The van der Waals surface area contributed by atoms with E-state index in [1.807, 2.05) is 19.3 Å². The maximum Gasteiger partial charge on any atom is 0.224 e. The Hall–Kier alpha value is -1.33. The van der Waals surface area contributed by atoms with Crippen LogP contribution >= 0.6 is 0 Å². The Morgan fingerprint density at radius 1 is 1.50 bits per heavy atom. The van der Waals surface area contributed by atoms with Crippen LogP contribution in [0.1, 0.15) is 25.0 Å². The van der Waals surface area contributed by atoms with Crippen molar-refractivity contribution < 1.29 is 9.90 Å². The number of nitrogens with zero attached hydrogens (tertiary/aromatic N) is 3. The standard InChI is InChI=1S/C15H25N3O2/c1-16(2)14(19)10-15(20)7-5-9-18(12-15)11-13-6-4-8-17(13)3/h4,6,8,20H,5,7,9-12H2,1-3H3. The fourth-order valence-electron chi connectivity index (χ4n) is 2.81. The van der Waals surface area contributed by atoms with Crippen LogP contribution in [0.15, 0.2) is 18.3 Å². The first-order valence-corrected chi connectivity index (χ1v) is 7.15. The van der Waals surface area contributed by atoms with Gasteiger partial charge in [0.15, 0.2) is 0 Å². The van der Waals surface area contributed by atoms with Crippen LogP contribution in [0.5, 0.6) is 0 Å². The molecule has 0 aromatic carbocycles. The summed E-state index contributed by atoms with van der Waals surface area (Å²) in [5.41, 5.74) is 0.346. The van der Waals surface area contributed by atoms with Crippen molar-refractivity contribution in [3.63, 3.8) is 0 Å². The molecule has 20 heavy (non-hydrogen) atoms. The Bertz CT molecular complexity index is 469. The lowest BCUT2D eigenvalue weighted by molar-refractivity contribution is -0.136. The topological polar surface area (TPSA) is 48.7 Å². The Balaban J connectivity index is 1.97. The maximum absolute atomic E-state index is 11.8. The Morgan fingerprint density at radius 3 is 2.85 bits per heavy atom. The highest BCUT2D eigenvalue weighted by Crippen LogP contribution is 2.26. The molecule has 1 unspecified atom stereocenters. The summed E-state index contributed by atoms with van der Waals surface area (Å²) in [5, 5.41) is 10.7. The van der Waals surface area contributed by atoms with Crippen molar-refractivity contribution >= 4 is 5.91 Å². The van der Waals surface area contributed by atoms with Crippen molar-refractivity contribution in [1.29, 1.82) is 0 Å². The van der Waals surface area contributed by atoms with Crippen LogP contribution in [-0.4, -0.2) is 58.2 Å². The Kier molecular flexibility index (Phi) is 4.50. The van der Waals surface area contributed by atoms with Gasteiger partial charge < -0.3 is 14.6 Å². The summed E-state index contributed by atoms with van der Waals surface area (Å²) in [7, 11) is 5.49. The minimum atomic E-state index is -0.884. The molecule has 0 spiro atoms. The predicted molar refractivity (Wildman–Crippen MR) is 78.2 cm³/mol. The third-order valence-electron chi connectivity index (χ3n) is 4.05. The van der Waals surface area contributed by atoms with Gasteiger partial charge in [0.25, 0.3) is 0 Å². The van der Waals surface area contributed by atoms with E-state index < -0.39 is 5.60 Å². The van der Waals surface area contributed by atoms with Gasteiger partial charge in [-0.2, -0.15) is 0 Å². The van der Waals surface area contributed by atoms with Gasteiger partial charge in [0.05, 0.1) is 12.0 Å². The first-order chi connectivity index (χ1) is 9.39. The van der Waals surface area contributed by atoms with E-state index in [-0.39, 0.29) is 12.3 Å². The third-order valence-corrected chi connectivity index (χ3v) is 4.05. The number of aromatic nitrogens is 1. The SMILES string of the molecule is CN(C)C(=O)CC1(O)CCCN(Cc2cccn2C)C1. The Morgan fingerprint density at radius 2 is 2.25 bits per heavy atom. The lowest BCUT2D eigenvalue weighted by Crippen LogP contribution is -2.50. The molecule has 1 aliphatic heterocycles. The van der Waals surface area contributed by atoms with Crippen molar-refractivity contribution in [2.45, 2.75) is 31.4 Å². The molecule has 1 aliphatic rings. The normalized spacial score (nSPS) is 23.8. The summed E-state index contributed by atoms with van der Waals surface area (Å²) in [6.45, 7) is 2.36. The minimum absolute atomic E-state index is 0.00628. The quantitative estimate of drug-likeness (QED) is 0.888. The van der Waals surface area contributed by atoms with Crippen molar-refractivity contribution in [2.24, 2.45) is 7.05 Å². The molecule has 1 atom stereocenters. The van der Waals surface area contributed by atoms with Crippen molar-refractivity contribution in [2.75, 3.05) is 27.2 Å². The predicted octanol–water partition coefficient (Wildman–Crippen LogP) is 0.830. The second-order valence-corrected chi connectivity index (χ2v) is 6.11. The number of aryl methyl sites for hydroxylation is 1. The summed E-state index contributed by atoms with van der Waals surface area (Å²) in [6.07, 6.45) is 3.88. The van der Waals surface area contributed by atoms with Crippen LogP contribution in [0.4, 0.5) is 0 Å². The van der Waals surface area contributed by atoms with Gasteiger partial charge in [0.1, 0.15) is 0 Å². The molecule has 1 aromatic rings. The summed E-state index contributed by atoms with van der Waals surface area (Å²) in [4.78, 5) is 15.6. The second-order valence-electron chi connectivity index (χ2n) is 6.11. The fraction of sp³-hybridized carbons (Fsp3) is 0.667. The largest absolute Gasteiger partial charge is 0.388 e. The van der Waals surface area contributed by atoms with E-state index in [1.165, 1.54) is 5.69 Å². The molecule has 1 saturated heterocycles. The van der Waals surface area contributed by atoms with Crippen molar-refractivity contribution in [3.05, 3.63) is 24.0 Å². The number of piperidine rings is 1. The zero-order valence-corrected chi connectivity index (χ0v) is 12.7. The van der Waals surface area contributed by atoms with Gasteiger partial charge in [-0.3, -0.25) is 9.69 Å². The average Bonchev–Trinajstić information content (AvgIpc) is 2.74. The molecule has 0 saturated carbocycles. The molecule has 1 fully saturated rings. The summed E-state index contributed by atoms with van der Waals surface area (Å²) >= 11 is 0. The monoisotopic (exact) mass is 279 g/mol. The van der Waals surface area contributed by atoms with E-state index in [0.717, 1.165) is 19.5 Å². The van der Waals surface area contributed by atoms with Gasteiger partial charge >= 0.3 is 0 Å². The summed E-state index contributed by atoms with van der Waals surface area (Å²) in [5.74, 6) is -0.00628. The minimum Gasteiger partial charge on any atom is -0.388 e. The van der Waals surface area contributed by atoms with Crippen LogP contribution in [-0.2, 0) is 18.4 Å². The van der Waals surface area contributed by atoms with Crippen molar-refractivity contribution in [1.82, 2.24) is 14.4 Å². The lowest BCUT2D eigenvalue weighted by Gasteiger charge is -2.39. The average molecular weight is 279 g/mol. The van der Waals surface area contributed by atoms with Crippen LogP contribution in [0.25, 0.3) is 0 Å². The summed E-state index contributed by atoms with van der Waals surface area (Å²) < 4.78 is 2.10. The third kappa shape index (κ3) is 3.61. The van der Waals surface area contributed by atoms with E-state index in [2.05, 4.69) is 15.5 Å². The lowest BCUT2D eigenvalue weighted by atomic mass is 9.89. The van der Waals surface area contributed by atoms with Crippen LogP contribution < -0.4 is 0 Å². The highest BCUT2D eigenvalue weighted by Gasteiger charge is 2.35. The van der Waals surface area contributed by atoms with Gasteiger partial charge in [0.2, 0.25) is 5.91 Å². The number of hydrogen-bond acceptors (Lipinski definition) is 3. The zero-order valence-electron chi connectivity index (χ0n) is 12.7. The molecule has 0 radical (unpaired) electrons. The molecule has 112 valence electrons. The molecule has 5 nitrogen and oxygen atoms in total. The molecule has 2 rings (SSSR count). The number of amides is 1. The van der Waals surface area contributed by atoms with E-state index in [1.54, 1.807) is 19.0 Å². The van der Waals surface area contributed by atoms with Gasteiger partial charge in [-0.15, -0.1) is 0 Å². The molecule has 2 heterocycles. The van der Waals surface area contributed by atoms with Crippen molar-refractivity contribution in [3.8, 4) is 0 Å². The highest BCUT2D eigenvalue weighted by molar-refractivity contribution is 5.76. The molecule has 1 N–H and O–H groups in total. The van der Waals surface area contributed by atoms with E-state index >= 15 is 0 Å². The van der Waals surface area contributed by atoms with Crippen LogP contribution in [0, 0.1) is 0 Å². The highest BCUT2D eigenvalue weighted by atomic mass is 16.3. The van der Waals surface area contributed by atoms with Gasteiger partial charge in [-0.25, -0.2) is 0 Å². The number of β-amino-alcohol motifs (C(OH)–C–C–N with tert-alkyl or cyclic N) is 1. The van der Waals surface area contributed by atoms with Gasteiger partial charge in [0, 0.05) is 46.1 Å². The molecular weight excluding hydrogens is 254 g/mol. The number of aliphatic hydroxyl groups is 1. The number of hydrogen-bond donors (Lipinski definition) is 1. The maximum atomic E-state index is 11.8.